The number of primary amides is 1. The molecule has 0 saturated carbocycles. The van der Waals surface area contributed by atoms with Crippen LogP contribution in [-0.2, 0) is 4.79 Å². The van der Waals surface area contributed by atoms with Gasteiger partial charge in [0, 0.05) is 18.9 Å². The molecule has 0 spiro atoms. The number of amides is 2. The molecule has 4 N–H and O–H groups in total. The zero-order valence-electron chi connectivity index (χ0n) is 8.99. The van der Waals surface area contributed by atoms with Crippen molar-refractivity contribution in [1.82, 2.24) is 10.3 Å². The van der Waals surface area contributed by atoms with Crippen LogP contribution in [0.5, 0.6) is 0 Å². The van der Waals surface area contributed by atoms with E-state index in [2.05, 4.69) is 15.6 Å². The number of hydrogen-bond donors (Lipinski definition) is 3. The van der Waals surface area contributed by atoms with Gasteiger partial charge in [-0.1, -0.05) is 0 Å². The SMILES string of the molecule is CCNc1ccncc1C(=O)NCC(N)=O. The molecular weight excluding hydrogens is 208 g/mol. The van der Waals surface area contributed by atoms with E-state index < -0.39 is 5.91 Å². The first-order chi connectivity index (χ1) is 7.65. The molecule has 2 amide bonds. The molecule has 0 aliphatic rings. The molecule has 0 aliphatic carbocycles. The van der Waals surface area contributed by atoms with Crippen molar-refractivity contribution in [1.29, 1.82) is 0 Å². The number of rotatable bonds is 5. The smallest absolute Gasteiger partial charge is 0.255 e. The zero-order chi connectivity index (χ0) is 12.0. The predicted molar refractivity (Wildman–Crippen MR) is 59.9 cm³/mol. The van der Waals surface area contributed by atoms with Crippen LogP contribution in [0, 0.1) is 0 Å². The summed E-state index contributed by atoms with van der Waals surface area (Å²) in [5.41, 5.74) is 6.00. The number of anilines is 1. The van der Waals surface area contributed by atoms with Crippen LogP contribution in [0.25, 0.3) is 0 Å². The maximum Gasteiger partial charge on any atom is 0.255 e. The van der Waals surface area contributed by atoms with Crippen molar-refractivity contribution < 1.29 is 9.59 Å². The summed E-state index contributed by atoms with van der Waals surface area (Å²) in [6, 6.07) is 1.70. The molecule has 0 atom stereocenters. The molecule has 0 fully saturated rings. The number of nitrogens with zero attached hydrogens (tertiary/aromatic N) is 1. The third-order valence-corrected chi connectivity index (χ3v) is 1.86. The normalized spacial score (nSPS) is 9.56. The van der Waals surface area contributed by atoms with Crippen LogP contribution in [0.2, 0.25) is 0 Å². The predicted octanol–water partition coefficient (Wildman–Crippen LogP) is -0.272. The van der Waals surface area contributed by atoms with Crippen LogP contribution in [0.15, 0.2) is 18.5 Å². The van der Waals surface area contributed by atoms with E-state index in [9.17, 15) is 9.59 Å². The van der Waals surface area contributed by atoms with Crippen LogP contribution in [0.3, 0.4) is 0 Å². The van der Waals surface area contributed by atoms with Gasteiger partial charge in [0.2, 0.25) is 5.91 Å². The summed E-state index contributed by atoms with van der Waals surface area (Å²) in [6.07, 6.45) is 3.02. The minimum atomic E-state index is -0.581. The first-order valence-corrected chi connectivity index (χ1v) is 4.89. The summed E-state index contributed by atoms with van der Waals surface area (Å²) < 4.78 is 0. The van der Waals surface area contributed by atoms with Crippen LogP contribution >= 0.6 is 0 Å². The van der Waals surface area contributed by atoms with E-state index in [0.29, 0.717) is 17.8 Å². The second kappa shape index (κ2) is 5.69. The topological polar surface area (TPSA) is 97.1 Å². The Morgan fingerprint density at radius 3 is 2.88 bits per heavy atom. The van der Waals surface area contributed by atoms with Crippen molar-refractivity contribution in [3.05, 3.63) is 24.0 Å². The van der Waals surface area contributed by atoms with Crippen molar-refractivity contribution in [2.45, 2.75) is 6.92 Å². The van der Waals surface area contributed by atoms with Gasteiger partial charge in [0.1, 0.15) is 0 Å². The summed E-state index contributed by atoms with van der Waals surface area (Å²) in [5, 5.41) is 5.43. The van der Waals surface area contributed by atoms with Crippen molar-refractivity contribution in [3.63, 3.8) is 0 Å². The number of hydrogen-bond acceptors (Lipinski definition) is 4. The summed E-state index contributed by atoms with van der Waals surface area (Å²) in [7, 11) is 0. The molecule has 0 bridgehead atoms. The van der Waals surface area contributed by atoms with Gasteiger partial charge in [0.05, 0.1) is 17.8 Å². The third kappa shape index (κ3) is 3.23. The lowest BCUT2D eigenvalue weighted by Gasteiger charge is -2.09. The Bertz CT molecular complexity index is 392. The second-order valence-corrected chi connectivity index (χ2v) is 3.10. The summed E-state index contributed by atoms with van der Waals surface area (Å²) in [4.78, 5) is 26.0. The first-order valence-electron chi connectivity index (χ1n) is 4.89. The standard InChI is InChI=1S/C10H14N4O2/c1-2-13-8-3-4-12-5-7(8)10(16)14-6-9(11)15/h3-5H,2,6H2,1H3,(H2,11,15)(H,12,13)(H,14,16). The highest BCUT2D eigenvalue weighted by Gasteiger charge is 2.11. The van der Waals surface area contributed by atoms with Gasteiger partial charge in [-0.05, 0) is 13.0 Å². The van der Waals surface area contributed by atoms with Gasteiger partial charge in [0.25, 0.3) is 5.91 Å². The van der Waals surface area contributed by atoms with Gasteiger partial charge >= 0.3 is 0 Å². The average molecular weight is 222 g/mol. The summed E-state index contributed by atoms with van der Waals surface area (Å²) in [5.74, 6) is -0.954. The summed E-state index contributed by atoms with van der Waals surface area (Å²) >= 11 is 0. The van der Waals surface area contributed by atoms with Gasteiger partial charge in [-0.2, -0.15) is 0 Å². The zero-order valence-corrected chi connectivity index (χ0v) is 8.99. The lowest BCUT2D eigenvalue weighted by Crippen LogP contribution is -2.33. The average Bonchev–Trinajstić information content (AvgIpc) is 2.27. The molecule has 0 saturated heterocycles. The fraction of sp³-hybridized carbons (Fsp3) is 0.300. The molecule has 0 aromatic carbocycles. The molecule has 0 aliphatic heterocycles. The molecule has 1 aromatic heterocycles. The van der Waals surface area contributed by atoms with Gasteiger partial charge in [-0.15, -0.1) is 0 Å². The molecule has 1 rings (SSSR count). The largest absolute Gasteiger partial charge is 0.385 e. The monoisotopic (exact) mass is 222 g/mol. The highest BCUT2D eigenvalue weighted by atomic mass is 16.2. The van der Waals surface area contributed by atoms with E-state index in [0.717, 1.165) is 0 Å². The Morgan fingerprint density at radius 1 is 1.50 bits per heavy atom. The number of nitrogens with one attached hydrogen (secondary N) is 2. The Balaban J connectivity index is 2.77. The van der Waals surface area contributed by atoms with Crippen LogP contribution in [0.4, 0.5) is 5.69 Å². The Labute approximate surface area is 93.2 Å². The van der Waals surface area contributed by atoms with E-state index in [1.165, 1.54) is 6.20 Å². The quantitative estimate of drug-likeness (QED) is 0.638. The number of aromatic nitrogens is 1. The molecule has 6 heteroatoms. The fourth-order valence-corrected chi connectivity index (χ4v) is 1.18. The molecule has 1 heterocycles. The van der Waals surface area contributed by atoms with Gasteiger partial charge in [-0.25, -0.2) is 0 Å². The molecule has 0 unspecified atom stereocenters. The van der Waals surface area contributed by atoms with Gasteiger partial charge < -0.3 is 16.4 Å². The first kappa shape index (κ1) is 12.0. The van der Waals surface area contributed by atoms with Crippen molar-refractivity contribution in [2.24, 2.45) is 5.73 Å². The van der Waals surface area contributed by atoms with E-state index >= 15 is 0 Å². The Hall–Kier alpha value is -2.11. The van der Waals surface area contributed by atoms with Crippen molar-refractivity contribution in [2.75, 3.05) is 18.4 Å². The highest BCUT2D eigenvalue weighted by Crippen LogP contribution is 2.12. The molecule has 0 radical (unpaired) electrons. The molecular formula is C10H14N4O2. The number of pyridine rings is 1. The summed E-state index contributed by atoms with van der Waals surface area (Å²) in [6.45, 7) is 2.44. The van der Waals surface area contributed by atoms with E-state index in [-0.39, 0.29) is 12.5 Å². The lowest BCUT2D eigenvalue weighted by atomic mass is 10.2. The fourth-order valence-electron chi connectivity index (χ4n) is 1.18. The van der Waals surface area contributed by atoms with Gasteiger partial charge in [-0.3, -0.25) is 14.6 Å². The lowest BCUT2D eigenvalue weighted by molar-refractivity contribution is -0.117. The van der Waals surface area contributed by atoms with E-state index in [4.69, 9.17) is 5.73 Å². The van der Waals surface area contributed by atoms with Crippen LogP contribution in [0.1, 0.15) is 17.3 Å². The van der Waals surface area contributed by atoms with Crippen LogP contribution in [-0.4, -0.2) is 29.9 Å². The Morgan fingerprint density at radius 2 is 2.25 bits per heavy atom. The van der Waals surface area contributed by atoms with Crippen LogP contribution < -0.4 is 16.4 Å². The number of nitrogens with two attached hydrogens (primary N) is 1. The van der Waals surface area contributed by atoms with E-state index in [1.54, 1.807) is 12.3 Å². The van der Waals surface area contributed by atoms with Gasteiger partial charge in [0.15, 0.2) is 0 Å². The number of carbonyl (C=O) groups is 2. The van der Waals surface area contributed by atoms with E-state index in [1.807, 2.05) is 6.92 Å². The maximum atomic E-state index is 11.6. The highest BCUT2D eigenvalue weighted by molar-refractivity contribution is 6.00. The maximum absolute atomic E-state index is 11.6. The Kier molecular flexibility index (Phi) is 4.26. The third-order valence-electron chi connectivity index (χ3n) is 1.86. The number of carbonyl (C=O) groups excluding carboxylic acids is 2. The minimum absolute atomic E-state index is 0.181. The molecule has 6 nitrogen and oxygen atoms in total. The molecule has 1 aromatic rings. The van der Waals surface area contributed by atoms with Crippen molar-refractivity contribution in [3.8, 4) is 0 Å². The second-order valence-electron chi connectivity index (χ2n) is 3.10. The van der Waals surface area contributed by atoms with Crippen molar-refractivity contribution >= 4 is 17.5 Å². The minimum Gasteiger partial charge on any atom is -0.385 e. The molecule has 16 heavy (non-hydrogen) atoms. The molecule has 86 valence electrons.